The Kier molecular flexibility index (Phi) is 4.11. The first-order valence-electron chi connectivity index (χ1n) is 7.06. The van der Waals surface area contributed by atoms with E-state index in [0.29, 0.717) is 11.4 Å². The normalized spacial score (nSPS) is 16.4. The van der Waals surface area contributed by atoms with Crippen molar-refractivity contribution >= 4 is 5.82 Å². The Morgan fingerprint density at radius 3 is 2.19 bits per heavy atom. The molecule has 2 rings (SSSR count). The summed E-state index contributed by atoms with van der Waals surface area (Å²) >= 11 is 0. The fourth-order valence-electron chi connectivity index (χ4n) is 2.50. The lowest BCUT2D eigenvalue weighted by atomic mass is 10.0. The lowest BCUT2D eigenvalue weighted by molar-refractivity contribution is 0.157. The van der Waals surface area contributed by atoms with Crippen molar-refractivity contribution < 1.29 is 0 Å². The van der Waals surface area contributed by atoms with Gasteiger partial charge < -0.3 is 4.90 Å². The summed E-state index contributed by atoms with van der Waals surface area (Å²) in [4.78, 5) is 4.24. The Morgan fingerprint density at radius 2 is 1.67 bits per heavy atom. The Morgan fingerprint density at radius 1 is 1.05 bits per heavy atom. The molecule has 1 aromatic rings. The van der Waals surface area contributed by atoms with Gasteiger partial charge in [-0.05, 0) is 33.3 Å². The SMILES string of the molecule is Cc1nnc(N2CCN(C(C)(C)C#N)CC2)c(C#N)c1C. The molecule has 1 aliphatic heterocycles. The number of aromatic nitrogens is 2. The average Bonchev–Trinajstić information content (AvgIpc) is 2.50. The third-order valence-corrected chi connectivity index (χ3v) is 4.19. The van der Waals surface area contributed by atoms with Crippen molar-refractivity contribution in [2.45, 2.75) is 33.2 Å². The van der Waals surface area contributed by atoms with Crippen LogP contribution >= 0.6 is 0 Å². The van der Waals surface area contributed by atoms with Gasteiger partial charge in [0.15, 0.2) is 5.82 Å². The molecule has 0 atom stereocenters. The molecule has 0 N–H and O–H groups in total. The molecule has 0 unspecified atom stereocenters. The van der Waals surface area contributed by atoms with Crippen molar-refractivity contribution in [1.29, 1.82) is 10.5 Å². The second-order valence-corrected chi connectivity index (χ2v) is 5.87. The molecule has 0 saturated carbocycles. The molecule has 0 radical (unpaired) electrons. The molecule has 6 nitrogen and oxygen atoms in total. The minimum Gasteiger partial charge on any atom is -0.351 e. The smallest absolute Gasteiger partial charge is 0.169 e. The van der Waals surface area contributed by atoms with Gasteiger partial charge in [-0.2, -0.15) is 15.6 Å². The van der Waals surface area contributed by atoms with Crippen LogP contribution in [0.5, 0.6) is 0 Å². The van der Waals surface area contributed by atoms with Gasteiger partial charge in [0.05, 0.1) is 11.8 Å². The van der Waals surface area contributed by atoms with Gasteiger partial charge in [-0.1, -0.05) is 0 Å². The zero-order chi connectivity index (χ0) is 15.6. The Hall–Kier alpha value is -2.18. The minimum absolute atomic E-state index is 0.459. The van der Waals surface area contributed by atoms with E-state index in [4.69, 9.17) is 0 Å². The maximum Gasteiger partial charge on any atom is 0.169 e. The number of nitriles is 2. The van der Waals surface area contributed by atoms with Crippen molar-refractivity contribution in [2.24, 2.45) is 0 Å². The number of aryl methyl sites for hydroxylation is 1. The molecule has 2 heterocycles. The topological polar surface area (TPSA) is 79.8 Å². The number of rotatable bonds is 2. The van der Waals surface area contributed by atoms with E-state index in [-0.39, 0.29) is 0 Å². The summed E-state index contributed by atoms with van der Waals surface area (Å²) in [6.07, 6.45) is 0. The first kappa shape index (κ1) is 15.2. The predicted molar refractivity (Wildman–Crippen MR) is 79.7 cm³/mol. The molecular formula is C15H20N6. The van der Waals surface area contributed by atoms with Gasteiger partial charge in [-0.25, -0.2) is 0 Å². The van der Waals surface area contributed by atoms with E-state index in [1.807, 2.05) is 27.7 Å². The third kappa shape index (κ3) is 2.81. The Labute approximate surface area is 125 Å². The van der Waals surface area contributed by atoms with Gasteiger partial charge >= 0.3 is 0 Å². The molecule has 6 heteroatoms. The zero-order valence-corrected chi connectivity index (χ0v) is 13.0. The van der Waals surface area contributed by atoms with E-state index in [1.165, 1.54) is 0 Å². The fourth-order valence-corrected chi connectivity index (χ4v) is 2.50. The Bertz CT molecular complexity index is 614. The van der Waals surface area contributed by atoms with E-state index in [2.05, 4.69) is 32.1 Å². The van der Waals surface area contributed by atoms with Gasteiger partial charge in [0.25, 0.3) is 0 Å². The molecule has 21 heavy (non-hydrogen) atoms. The number of nitrogens with zero attached hydrogens (tertiary/aromatic N) is 6. The van der Waals surface area contributed by atoms with Crippen LogP contribution in [0, 0.1) is 36.5 Å². The van der Waals surface area contributed by atoms with Crippen LogP contribution in [0.4, 0.5) is 5.82 Å². The van der Waals surface area contributed by atoms with E-state index in [9.17, 15) is 10.5 Å². The number of piperazine rings is 1. The fraction of sp³-hybridized carbons (Fsp3) is 0.600. The molecule has 1 fully saturated rings. The second kappa shape index (κ2) is 5.67. The molecule has 0 aliphatic carbocycles. The van der Waals surface area contributed by atoms with E-state index < -0.39 is 5.54 Å². The first-order valence-corrected chi connectivity index (χ1v) is 7.06. The molecule has 1 aromatic heterocycles. The van der Waals surface area contributed by atoms with Crippen LogP contribution in [0.15, 0.2) is 0 Å². The monoisotopic (exact) mass is 284 g/mol. The van der Waals surface area contributed by atoms with Crippen LogP contribution in [0.1, 0.15) is 30.7 Å². The van der Waals surface area contributed by atoms with Gasteiger partial charge in [0.2, 0.25) is 0 Å². The Balaban J connectivity index is 2.20. The van der Waals surface area contributed by atoms with Gasteiger partial charge in [0.1, 0.15) is 17.2 Å². The first-order chi connectivity index (χ1) is 9.90. The quantitative estimate of drug-likeness (QED) is 0.816. The summed E-state index contributed by atoms with van der Waals surface area (Å²) in [5.41, 5.74) is 1.83. The summed E-state index contributed by atoms with van der Waals surface area (Å²) in [6.45, 7) is 10.7. The largest absolute Gasteiger partial charge is 0.351 e. The van der Waals surface area contributed by atoms with E-state index in [0.717, 1.165) is 37.4 Å². The van der Waals surface area contributed by atoms with Crippen molar-refractivity contribution in [1.82, 2.24) is 15.1 Å². The minimum atomic E-state index is -0.459. The molecule has 110 valence electrons. The van der Waals surface area contributed by atoms with Gasteiger partial charge in [0, 0.05) is 26.2 Å². The molecular weight excluding hydrogens is 264 g/mol. The number of anilines is 1. The highest BCUT2D eigenvalue weighted by Crippen LogP contribution is 2.24. The zero-order valence-electron chi connectivity index (χ0n) is 13.0. The summed E-state index contributed by atoms with van der Waals surface area (Å²) in [5.74, 6) is 0.662. The molecule has 0 spiro atoms. The highest BCUT2D eigenvalue weighted by atomic mass is 15.3. The lowest BCUT2D eigenvalue weighted by Crippen LogP contribution is -2.54. The van der Waals surface area contributed by atoms with Crippen LogP contribution in [-0.2, 0) is 0 Å². The van der Waals surface area contributed by atoms with Crippen LogP contribution < -0.4 is 4.90 Å². The van der Waals surface area contributed by atoms with Crippen LogP contribution in [-0.4, -0.2) is 46.8 Å². The third-order valence-electron chi connectivity index (χ3n) is 4.19. The number of hydrogen-bond acceptors (Lipinski definition) is 6. The van der Waals surface area contributed by atoms with Crippen molar-refractivity contribution in [3.63, 3.8) is 0 Å². The van der Waals surface area contributed by atoms with Gasteiger partial charge in [-0.15, -0.1) is 5.10 Å². The number of hydrogen-bond donors (Lipinski definition) is 0. The lowest BCUT2D eigenvalue weighted by Gasteiger charge is -2.41. The maximum absolute atomic E-state index is 9.38. The molecule has 1 saturated heterocycles. The maximum atomic E-state index is 9.38. The van der Waals surface area contributed by atoms with Crippen LogP contribution in [0.3, 0.4) is 0 Å². The summed E-state index contributed by atoms with van der Waals surface area (Å²) < 4.78 is 0. The van der Waals surface area contributed by atoms with Gasteiger partial charge in [-0.3, -0.25) is 4.90 Å². The summed E-state index contributed by atoms with van der Waals surface area (Å²) in [5, 5.41) is 26.9. The highest BCUT2D eigenvalue weighted by molar-refractivity contribution is 5.57. The van der Waals surface area contributed by atoms with Crippen LogP contribution in [0.2, 0.25) is 0 Å². The molecule has 1 aliphatic rings. The van der Waals surface area contributed by atoms with E-state index >= 15 is 0 Å². The average molecular weight is 284 g/mol. The molecule has 0 amide bonds. The highest BCUT2D eigenvalue weighted by Gasteiger charge is 2.31. The summed E-state index contributed by atoms with van der Waals surface area (Å²) in [6, 6.07) is 4.58. The predicted octanol–water partition coefficient (Wildman–Crippen LogP) is 1.39. The van der Waals surface area contributed by atoms with Crippen molar-refractivity contribution in [3.8, 4) is 12.1 Å². The standard InChI is InChI=1S/C15H20N6/c1-11-12(2)18-19-14(13(11)9-16)20-5-7-21(8-6-20)15(3,4)10-17/h5-8H2,1-4H3. The second-order valence-electron chi connectivity index (χ2n) is 5.87. The molecule has 0 bridgehead atoms. The summed E-state index contributed by atoms with van der Waals surface area (Å²) in [7, 11) is 0. The van der Waals surface area contributed by atoms with Crippen molar-refractivity contribution in [2.75, 3.05) is 31.1 Å². The van der Waals surface area contributed by atoms with E-state index in [1.54, 1.807) is 0 Å². The van der Waals surface area contributed by atoms with Crippen molar-refractivity contribution in [3.05, 3.63) is 16.8 Å². The van der Waals surface area contributed by atoms with Crippen LogP contribution in [0.25, 0.3) is 0 Å². The molecule has 0 aromatic carbocycles.